The van der Waals surface area contributed by atoms with Gasteiger partial charge in [-0.1, -0.05) is 16.8 Å². The number of hydroxylamine groups is 1. The van der Waals surface area contributed by atoms with Crippen molar-refractivity contribution in [1.29, 1.82) is 5.41 Å². The maximum absolute atomic E-state index is 15.4. The summed E-state index contributed by atoms with van der Waals surface area (Å²) in [6, 6.07) is 3.60. The van der Waals surface area contributed by atoms with E-state index in [-0.39, 0.29) is 69.2 Å². The van der Waals surface area contributed by atoms with E-state index in [1.165, 1.54) is 36.4 Å². The number of hydrogen-bond acceptors (Lipinski definition) is 14. The summed E-state index contributed by atoms with van der Waals surface area (Å²) in [6.45, 7) is 2.86. The van der Waals surface area contributed by atoms with Crippen LogP contribution in [0.1, 0.15) is 23.2 Å². The molecule has 274 valence electrons. The fourth-order valence-corrected chi connectivity index (χ4v) is 8.65. The number of nitrogen functional groups attached to an aromatic ring is 1. The number of thioether (sulfide) groups is 1. The van der Waals surface area contributed by atoms with Gasteiger partial charge in [0, 0.05) is 52.5 Å². The van der Waals surface area contributed by atoms with Crippen LogP contribution in [-0.4, -0.2) is 93.9 Å². The Labute approximate surface area is 309 Å². The summed E-state index contributed by atoms with van der Waals surface area (Å²) in [4.78, 5) is 56.3. The number of carboxylic acid groups (broad SMARTS) is 1. The summed E-state index contributed by atoms with van der Waals surface area (Å²) >= 11 is 8.95. The Balaban J connectivity index is 1.02. The molecule has 52 heavy (non-hydrogen) atoms. The lowest BCUT2D eigenvalue weighted by Crippen LogP contribution is -2.71. The number of carbonyl (C=O) groups excluding carboxylic acids is 3. The number of nitrogens with two attached hydrogens (primary N) is 1. The molecule has 6 heterocycles. The van der Waals surface area contributed by atoms with Crippen molar-refractivity contribution < 1.29 is 38.2 Å². The molecule has 3 aromatic rings. The van der Waals surface area contributed by atoms with Crippen molar-refractivity contribution in [3.63, 3.8) is 0 Å². The number of carbonyl (C=O) groups is 3. The van der Waals surface area contributed by atoms with Gasteiger partial charge in [-0.25, -0.2) is 14.9 Å². The second kappa shape index (κ2) is 14.7. The van der Waals surface area contributed by atoms with Crippen molar-refractivity contribution in [3.8, 4) is 0 Å². The molecule has 21 heteroatoms. The maximum atomic E-state index is 15.4. The van der Waals surface area contributed by atoms with Gasteiger partial charge in [-0.15, -0.1) is 32.5 Å². The summed E-state index contributed by atoms with van der Waals surface area (Å²) < 4.78 is 19.2. The number of carboxylic acids is 1. The second-order valence-corrected chi connectivity index (χ2v) is 14.6. The smallest absolute Gasteiger partial charge is 0.276 e. The van der Waals surface area contributed by atoms with E-state index in [0.29, 0.717) is 25.2 Å². The van der Waals surface area contributed by atoms with Gasteiger partial charge in [0.1, 0.15) is 35.9 Å². The summed E-state index contributed by atoms with van der Waals surface area (Å²) in [5, 5.41) is 31.5. The minimum Gasteiger partial charge on any atom is -0.543 e. The number of thiazole rings is 1. The largest absolute Gasteiger partial charge is 0.543 e. The van der Waals surface area contributed by atoms with Gasteiger partial charge < -0.3 is 36.0 Å². The first kappa shape index (κ1) is 35.6. The fraction of sp³-hybridized carbons (Fsp3) is 0.387. The van der Waals surface area contributed by atoms with Crippen LogP contribution in [0.2, 0.25) is 5.02 Å². The molecule has 0 spiro atoms. The number of nitrogens with zero attached hydrogens (tertiary/aromatic N) is 6. The van der Waals surface area contributed by atoms with Crippen molar-refractivity contribution >= 4 is 75.0 Å². The first-order valence-corrected chi connectivity index (χ1v) is 18.4. The number of hydrogen-bond donors (Lipinski definition) is 5. The molecule has 2 fully saturated rings. The zero-order valence-corrected chi connectivity index (χ0v) is 29.9. The highest BCUT2D eigenvalue weighted by molar-refractivity contribution is 8.00. The van der Waals surface area contributed by atoms with Crippen molar-refractivity contribution in [2.75, 3.05) is 43.1 Å². The van der Waals surface area contributed by atoms with E-state index in [2.05, 4.69) is 26.3 Å². The summed E-state index contributed by atoms with van der Waals surface area (Å²) in [5.74, 6) is -2.48. The molecule has 2 saturated heterocycles. The molecule has 4 aliphatic rings. The van der Waals surface area contributed by atoms with Crippen LogP contribution in [0.3, 0.4) is 0 Å². The molecule has 1 aromatic carbocycles. The van der Waals surface area contributed by atoms with Crippen LogP contribution in [0.25, 0.3) is 0 Å². The third kappa shape index (κ3) is 6.78. The van der Waals surface area contributed by atoms with Gasteiger partial charge >= 0.3 is 0 Å². The second-order valence-electron chi connectivity index (χ2n) is 12.2. The van der Waals surface area contributed by atoms with E-state index in [0.717, 1.165) is 35.0 Å². The number of aliphatic carboxylic acids is 1. The topological polar surface area (TPSA) is 219 Å². The van der Waals surface area contributed by atoms with Crippen molar-refractivity contribution in [2.24, 2.45) is 5.16 Å². The predicted octanol–water partition coefficient (Wildman–Crippen LogP) is -0.710. The molecule has 6 N–H and O–H groups in total. The van der Waals surface area contributed by atoms with Crippen molar-refractivity contribution in [1.82, 2.24) is 30.7 Å². The van der Waals surface area contributed by atoms with Gasteiger partial charge in [0.05, 0.1) is 30.4 Å². The first-order chi connectivity index (χ1) is 25.0. The molecule has 3 atom stereocenters. The summed E-state index contributed by atoms with van der Waals surface area (Å²) in [5.41, 5.74) is 9.01. The van der Waals surface area contributed by atoms with Crippen LogP contribution in [-0.2, 0) is 43.7 Å². The number of fused-ring (bicyclic) bond motifs is 2. The number of halogens is 2. The van der Waals surface area contributed by atoms with Crippen LogP contribution < -0.4 is 36.5 Å². The highest BCUT2D eigenvalue weighted by Crippen LogP contribution is 2.40. The van der Waals surface area contributed by atoms with E-state index >= 15 is 4.39 Å². The molecule has 17 nitrogen and oxygen atoms in total. The van der Waals surface area contributed by atoms with Gasteiger partial charge in [-0.05, 0) is 25.1 Å². The van der Waals surface area contributed by atoms with Crippen LogP contribution in [0.4, 0.5) is 15.3 Å². The van der Waals surface area contributed by atoms with Gasteiger partial charge in [0.2, 0.25) is 0 Å². The Bertz CT molecular complexity index is 1990. The van der Waals surface area contributed by atoms with Crippen LogP contribution in [0, 0.1) is 11.2 Å². The lowest BCUT2D eigenvalue weighted by Gasteiger charge is -2.50. The molecule has 0 radical (unpaired) electrons. The van der Waals surface area contributed by atoms with Crippen molar-refractivity contribution in [3.05, 3.63) is 68.7 Å². The van der Waals surface area contributed by atoms with Gasteiger partial charge in [0.15, 0.2) is 29.4 Å². The number of amidine groups is 1. The number of anilines is 2. The zero-order valence-electron chi connectivity index (χ0n) is 27.6. The van der Waals surface area contributed by atoms with Gasteiger partial charge in [-0.2, -0.15) is 0 Å². The van der Waals surface area contributed by atoms with Gasteiger partial charge in [-0.3, -0.25) is 24.7 Å². The number of nitrogens with one attached hydrogen (secondary N) is 4. The SMILES string of the molecule is CO/N=C(\C(=O)N[C@@H]1C(=O)N2C(C(=O)[O-])=C(C[n+]3ccc4n3CCN4Cc3c(F)cc(C(=N)NOC4CCNC4)cc3Cl)CS[C@H]12)c1csc(N)n1. The normalized spacial score (nSPS) is 21.2. The molecule has 4 aliphatic heterocycles. The van der Waals surface area contributed by atoms with E-state index in [1.54, 1.807) is 6.20 Å². The Morgan fingerprint density at radius 1 is 1.35 bits per heavy atom. The quantitative estimate of drug-likeness (QED) is 0.0507. The highest BCUT2D eigenvalue weighted by atomic mass is 35.5. The average molecular weight is 774 g/mol. The first-order valence-electron chi connectivity index (χ1n) is 16.1. The fourth-order valence-electron chi connectivity index (χ4n) is 6.50. The summed E-state index contributed by atoms with van der Waals surface area (Å²) in [6.07, 6.45) is 2.51. The Kier molecular flexibility index (Phi) is 10.1. The van der Waals surface area contributed by atoms with E-state index in [1.807, 2.05) is 20.3 Å². The Hall–Kier alpha value is -4.76. The number of β-lactam (4-membered cyclic amide) rings is 1. The number of amides is 2. The number of rotatable bonds is 12. The zero-order chi connectivity index (χ0) is 36.7. The van der Waals surface area contributed by atoms with E-state index in [9.17, 15) is 19.5 Å². The molecular formula is C31H33ClFN11O6S2. The number of aromatic nitrogens is 3. The lowest BCUT2D eigenvalue weighted by molar-refractivity contribution is -0.766. The van der Waals surface area contributed by atoms with Crippen LogP contribution in [0.15, 0.2) is 46.2 Å². The predicted molar refractivity (Wildman–Crippen MR) is 187 cm³/mol. The third-order valence-electron chi connectivity index (χ3n) is 9.04. The Morgan fingerprint density at radius 3 is 2.87 bits per heavy atom. The van der Waals surface area contributed by atoms with Crippen LogP contribution >= 0.6 is 34.7 Å². The molecule has 0 aliphatic carbocycles. The number of benzene rings is 1. The molecule has 7 rings (SSSR count). The minimum absolute atomic E-state index is 0.0800. The van der Waals surface area contributed by atoms with E-state index < -0.39 is 35.0 Å². The average Bonchev–Trinajstić information content (AvgIpc) is 3.94. The third-order valence-corrected chi connectivity index (χ3v) is 11.4. The lowest BCUT2D eigenvalue weighted by atomic mass is 10.0. The molecule has 0 bridgehead atoms. The standard InChI is InChI=1S/C31H33ClFN11O6S2/c1-49-39-23(21-14-52-31(35)37-21)27(45)38-24-28(46)44-25(30(47)48)16(13-51-29(24)44)11-42-5-3-22-41(6-7-43(22)42)12-18-19(32)8-15(9-20(18)33)26(34)40-50-17-2-4-36-10-17/h3,5,8-9,14,17,24,29,36H,2,4,6-7,10-13H2,1H3,(H5-,34,35,37,38,40,45,47,48)/b39-23-/t17?,24-,29-/m1/s1. The number of oxime groups is 1. The highest BCUT2D eigenvalue weighted by Gasteiger charge is 2.53. The molecule has 2 aromatic heterocycles. The van der Waals surface area contributed by atoms with Crippen LogP contribution in [0.5, 0.6) is 0 Å². The van der Waals surface area contributed by atoms with E-state index in [4.69, 9.17) is 32.4 Å². The molecule has 2 amide bonds. The van der Waals surface area contributed by atoms with Crippen molar-refractivity contribution in [2.45, 2.75) is 43.6 Å². The maximum Gasteiger partial charge on any atom is 0.276 e. The summed E-state index contributed by atoms with van der Waals surface area (Å²) in [7, 11) is 1.26. The monoisotopic (exact) mass is 773 g/mol. The molecule has 0 saturated carbocycles. The molecular weight excluding hydrogens is 741 g/mol. The minimum atomic E-state index is -1.51. The Morgan fingerprint density at radius 2 is 2.17 bits per heavy atom. The molecule has 1 unspecified atom stereocenters. The van der Waals surface area contributed by atoms with Gasteiger partial charge in [0.25, 0.3) is 11.8 Å².